The molecule has 0 aliphatic carbocycles. The fourth-order valence-corrected chi connectivity index (χ4v) is 2.60. The van der Waals surface area contributed by atoms with Crippen LogP contribution in [0.25, 0.3) is 10.9 Å². The number of benzene rings is 1. The Morgan fingerprint density at radius 3 is 2.94 bits per heavy atom. The molecule has 0 spiro atoms. The maximum atomic E-state index is 11.9. The van der Waals surface area contributed by atoms with Crippen molar-refractivity contribution < 1.29 is 9.53 Å². The van der Waals surface area contributed by atoms with E-state index < -0.39 is 5.97 Å². The third-order valence-electron chi connectivity index (χ3n) is 2.70. The van der Waals surface area contributed by atoms with Crippen LogP contribution in [0.4, 0.5) is 0 Å². The number of hydrogen-bond acceptors (Lipinski definition) is 3. The zero-order valence-corrected chi connectivity index (χ0v) is 12.1. The minimum atomic E-state index is -0.455. The van der Waals surface area contributed by atoms with E-state index in [0.717, 1.165) is 10.9 Å². The van der Waals surface area contributed by atoms with Crippen molar-refractivity contribution in [3.63, 3.8) is 0 Å². The molecule has 96 valence electrons. The van der Waals surface area contributed by atoms with Crippen molar-refractivity contribution in [2.45, 2.75) is 6.54 Å². The Morgan fingerprint density at radius 1 is 1.61 bits per heavy atom. The molecule has 0 bridgehead atoms. The predicted octanol–water partition coefficient (Wildman–Crippen LogP) is 2.80. The lowest BCUT2D eigenvalue weighted by Gasteiger charge is -2.10. The summed E-state index contributed by atoms with van der Waals surface area (Å²) >= 11 is 9.52. The quantitative estimate of drug-likeness (QED) is 0.880. The Labute approximate surface area is 118 Å². The lowest BCUT2D eigenvalue weighted by atomic mass is 10.1. The van der Waals surface area contributed by atoms with E-state index in [1.54, 1.807) is 0 Å². The number of carbonyl (C=O) groups is 1. The van der Waals surface area contributed by atoms with E-state index in [0.29, 0.717) is 28.1 Å². The first-order chi connectivity index (χ1) is 8.60. The molecule has 0 saturated carbocycles. The summed E-state index contributed by atoms with van der Waals surface area (Å²) in [7, 11) is 1.33. The molecule has 0 aliphatic rings. The van der Waals surface area contributed by atoms with Crippen molar-refractivity contribution in [2.75, 3.05) is 13.7 Å². The van der Waals surface area contributed by atoms with Crippen molar-refractivity contribution in [1.82, 2.24) is 4.57 Å². The van der Waals surface area contributed by atoms with E-state index in [2.05, 4.69) is 15.9 Å². The summed E-state index contributed by atoms with van der Waals surface area (Å²) in [6.07, 6.45) is 1.88. The Balaban J connectivity index is 2.80. The Bertz CT molecular complexity index is 610. The normalized spacial score (nSPS) is 10.9. The number of nitrogens with two attached hydrogens (primary N) is 1. The molecule has 18 heavy (non-hydrogen) atoms. The fraction of sp³-hybridized carbons (Fsp3) is 0.250. The fourth-order valence-electron chi connectivity index (χ4n) is 1.93. The van der Waals surface area contributed by atoms with Crippen molar-refractivity contribution in [3.05, 3.63) is 33.4 Å². The van der Waals surface area contributed by atoms with Gasteiger partial charge in [0, 0.05) is 29.1 Å². The molecule has 0 fully saturated rings. The number of carbonyl (C=O) groups excluding carboxylic acids is 1. The van der Waals surface area contributed by atoms with Gasteiger partial charge in [-0.15, -0.1) is 0 Å². The molecular formula is C12H12BrClN2O2. The third-order valence-corrected chi connectivity index (χ3v) is 3.95. The van der Waals surface area contributed by atoms with Crippen LogP contribution in [-0.2, 0) is 11.3 Å². The molecule has 0 amide bonds. The number of ether oxygens (including phenoxy) is 1. The van der Waals surface area contributed by atoms with Gasteiger partial charge in [-0.1, -0.05) is 11.6 Å². The highest BCUT2D eigenvalue weighted by molar-refractivity contribution is 9.10. The molecule has 0 radical (unpaired) electrons. The van der Waals surface area contributed by atoms with Gasteiger partial charge < -0.3 is 15.0 Å². The molecule has 1 heterocycles. The number of rotatable bonds is 3. The summed E-state index contributed by atoms with van der Waals surface area (Å²) in [6.45, 7) is 1.10. The van der Waals surface area contributed by atoms with Gasteiger partial charge in [0.25, 0.3) is 0 Å². The van der Waals surface area contributed by atoms with E-state index in [-0.39, 0.29) is 0 Å². The summed E-state index contributed by atoms with van der Waals surface area (Å²) < 4.78 is 7.37. The number of methoxy groups -OCH3 is 1. The Kier molecular flexibility index (Phi) is 3.94. The van der Waals surface area contributed by atoms with Crippen LogP contribution in [0.5, 0.6) is 0 Å². The van der Waals surface area contributed by atoms with Crippen LogP contribution < -0.4 is 5.73 Å². The number of esters is 1. The summed E-state index contributed by atoms with van der Waals surface area (Å²) in [5.74, 6) is -0.455. The van der Waals surface area contributed by atoms with Gasteiger partial charge >= 0.3 is 5.97 Å². The van der Waals surface area contributed by atoms with Crippen LogP contribution in [0.1, 0.15) is 10.4 Å². The summed E-state index contributed by atoms with van der Waals surface area (Å²) in [5, 5.41) is 1.27. The molecule has 4 nitrogen and oxygen atoms in total. The van der Waals surface area contributed by atoms with Gasteiger partial charge in [0.2, 0.25) is 0 Å². The van der Waals surface area contributed by atoms with E-state index in [1.165, 1.54) is 7.11 Å². The largest absolute Gasteiger partial charge is 0.465 e. The number of fused-ring (bicyclic) bond motifs is 1. The van der Waals surface area contributed by atoms with Crippen LogP contribution in [0.2, 0.25) is 5.02 Å². The lowest BCUT2D eigenvalue weighted by molar-refractivity contribution is 0.0602. The minimum absolute atomic E-state index is 0.353. The van der Waals surface area contributed by atoms with Crippen LogP contribution in [0.15, 0.2) is 22.8 Å². The maximum absolute atomic E-state index is 11.9. The second kappa shape index (κ2) is 5.30. The summed E-state index contributed by atoms with van der Waals surface area (Å²) in [6, 6.07) is 3.79. The highest BCUT2D eigenvalue weighted by Gasteiger charge is 2.20. The van der Waals surface area contributed by atoms with Gasteiger partial charge in [-0.05, 0) is 28.1 Å². The lowest BCUT2D eigenvalue weighted by Crippen LogP contribution is -2.12. The first kappa shape index (κ1) is 13.4. The number of nitrogens with zero attached hydrogens (tertiary/aromatic N) is 1. The first-order valence-electron chi connectivity index (χ1n) is 5.35. The molecule has 2 aromatic rings. The van der Waals surface area contributed by atoms with Crippen LogP contribution in [-0.4, -0.2) is 24.2 Å². The average molecular weight is 332 g/mol. The predicted molar refractivity (Wildman–Crippen MR) is 75.0 cm³/mol. The second-order valence-electron chi connectivity index (χ2n) is 3.77. The summed E-state index contributed by atoms with van der Waals surface area (Å²) in [5.41, 5.74) is 6.67. The number of halogens is 2. The van der Waals surface area contributed by atoms with Crippen molar-refractivity contribution in [3.8, 4) is 0 Å². The van der Waals surface area contributed by atoms with Crippen molar-refractivity contribution in [2.24, 2.45) is 5.73 Å². The van der Waals surface area contributed by atoms with E-state index >= 15 is 0 Å². The van der Waals surface area contributed by atoms with Crippen LogP contribution in [0, 0.1) is 0 Å². The SMILES string of the molecule is COC(=O)c1c(Cl)c(Br)cc2ccn(CCN)c12. The van der Waals surface area contributed by atoms with E-state index in [9.17, 15) is 4.79 Å². The molecular weight excluding hydrogens is 320 g/mol. The van der Waals surface area contributed by atoms with Crippen LogP contribution >= 0.6 is 27.5 Å². The van der Waals surface area contributed by atoms with E-state index in [1.807, 2.05) is 22.9 Å². The molecule has 0 atom stereocenters. The average Bonchev–Trinajstić information content (AvgIpc) is 2.73. The highest BCUT2D eigenvalue weighted by atomic mass is 79.9. The topological polar surface area (TPSA) is 57.2 Å². The monoisotopic (exact) mass is 330 g/mol. The Hall–Kier alpha value is -1.04. The van der Waals surface area contributed by atoms with Gasteiger partial charge in [0.05, 0.1) is 17.6 Å². The standard InChI is InChI=1S/C12H12BrClN2O2/c1-18-12(17)9-10(14)8(13)6-7-2-4-16(5-3-15)11(7)9/h2,4,6H,3,5,15H2,1H3. The minimum Gasteiger partial charge on any atom is -0.465 e. The van der Waals surface area contributed by atoms with Crippen molar-refractivity contribution in [1.29, 1.82) is 0 Å². The Morgan fingerprint density at radius 2 is 2.33 bits per heavy atom. The van der Waals surface area contributed by atoms with Crippen molar-refractivity contribution >= 4 is 44.4 Å². The van der Waals surface area contributed by atoms with Crippen LogP contribution in [0.3, 0.4) is 0 Å². The summed E-state index contributed by atoms with van der Waals surface area (Å²) in [4.78, 5) is 11.9. The smallest absolute Gasteiger partial charge is 0.341 e. The zero-order valence-electron chi connectivity index (χ0n) is 9.74. The zero-order chi connectivity index (χ0) is 13.3. The number of hydrogen-bond donors (Lipinski definition) is 1. The van der Waals surface area contributed by atoms with Gasteiger partial charge in [0.15, 0.2) is 0 Å². The highest BCUT2D eigenvalue weighted by Crippen LogP contribution is 2.34. The molecule has 1 aromatic carbocycles. The van der Waals surface area contributed by atoms with Gasteiger partial charge in [-0.2, -0.15) is 0 Å². The molecule has 0 aliphatic heterocycles. The second-order valence-corrected chi connectivity index (χ2v) is 5.01. The molecule has 2 rings (SSSR count). The first-order valence-corrected chi connectivity index (χ1v) is 6.52. The van der Waals surface area contributed by atoms with Gasteiger partial charge in [0.1, 0.15) is 5.56 Å². The number of aromatic nitrogens is 1. The van der Waals surface area contributed by atoms with E-state index in [4.69, 9.17) is 22.1 Å². The molecule has 0 saturated heterocycles. The molecule has 0 unspecified atom stereocenters. The van der Waals surface area contributed by atoms with Gasteiger partial charge in [-0.25, -0.2) is 4.79 Å². The van der Waals surface area contributed by atoms with Gasteiger partial charge in [-0.3, -0.25) is 0 Å². The molecule has 1 aromatic heterocycles. The molecule has 2 N–H and O–H groups in total. The molecule has 6 heteroatoms. The third kappa shape index (κ3) is 2.13. The maximum Gasteiger partial charge on any atom is 0.341 e.